The predicted molar refractivity (Wildman–Crippen MR) is 114 cm³/mol. The van der Waals surface area contributed by atoms with Crippen LogP contribution >= 0.6 is 23.1 Å². The number of thioether (sulfide) groups is 1. The van der Waals surface area contributed by atoms with E-state index in [4.69, 9.17) is 5.26 Å². The normalized spacial score (nSPS) is 11.5. The Morgan fingerprint density at radius 1 is 1.11 bits per heavy atom. The van der Waals surface area contributed by atoms with Crippen molar-refractivity contribution in [2.75, 3.05) is 10.6 Å². The highest BCUT2D eigenvalue weighted by Gasteiger charge is 2.17. The van der Waals surface area contributed by atoms with E-state index in [-0.39, 0.29) is 11.2 Å². The SMILES string of the molecule is Cc1ccc(Nc2nnc(S[C@@H](C)C(=O)Nc3ccc(C#N)cc3)s2)cc1C. The van der Waals surface area contributed by atoms with Gasteiger partial charge in [-0.2, -0.15) is 5.26 Å². The van der Waals surface area contributed by atoms with E-state index in [9.17, 15) is 4.79 Å². The third-order valence-corrected chi connectivity index (χ3v) is 6.12. The first-order valence-corrected chi connectivity index (χ1v) is 10.3. The largest absolute Gasteiger partial charge is 0.330 e. The van der Waals surface area contributed by atoms with Crippen molar-refractivity contribution >= 4 is 45.5 Å². The van der Waals surface area contributed by atoms with E-state index in [1.165, 1.54) is 34.2 Å². The maximum atomic E-state index is 12.4. The Morgan fingerprint density at radius 2 is 1.82 bits per heavy atom. The Balaban J connectivity index is 1.58. The molecule has 0 aliphatic carbocycles. The number of aryl methyl sites for hydroxylation is 2. The Hall–Kier alpha value is -2.89. The summed E-state index contributed by atoms with van der Waals surface area (Å²) in [4.78, 5) is 12.4. The zero-order valence-corrected chi connectivity index (χ0v) is 17.3. The van der Waals surface area contributed by atoms with Crippen molar-refractivity contribution in [3.05, 3.63) is 59.2 Å². The summed E-state index contributed by atoms with van der Waals surface area (Å²) in [6.07, 6.45) is 0. The first kappa shape index (κ1) is 19.9. The highest BCUT2D eigenvalue weighted by atomic mass is 32.2. The van der Waals surface area contributed by atoms with Crippen LogP contribution in [0.1, 0.15) is 23.6 Å². The van der Waals surface area contributed by atoms with Gasteiger partial charge in [0.1, 0.15) is 0 Å². The van der Waals surface area contributed by atoms with Gasteiger partial charge in [0.05, 0.1) is 16.9 Å². The van der Waals surface area contributed by atoms with Gasteiger partial charge in [0.2, 0.25) is 11.0 Å². The van der Waals surface area contributed by atoms with Crippen LogP contribution in [0, 0.1) is 25.2 Å². The summed E-state index contributed by atoms with van der Waals surface area (Å²) < 4.78 is 0.716. The van der Waals surface area contributed by atoms with Gasteiger partial charge in [-0.05, 0) is 68.3 Å². The Morgan fingerprint density at radius 3 is 2.50 bits per heavy atom. The maximum absolute atomic E-state index is 12.4. The number of anilines is 3. The molecule has 0 unspecified atom stereocenters. The molecule has 0 saturated carbocycles. The highest BCUT2D eigenvalue weighted by molar-refractivity contribution is 8.02. The number of benzene rings is 2. The molecule has 0 aliphatic heterocycles. The number of hydrogen-bond acceptors (Lipinski definition) is 7. The molecule has 0 aliphatic rings. The van der Waals surface area contributed by atoms with Crippen LogP contribution in [0.3, 0.4) is 0 Å². The van der Waals surface area contributed by atoms with Gasteiger partial charge in [-0.25, -0.2) is 0 Å². The molecule has 1 atom stereocenters. The molecule has 0 fully saturated rings. The molecule has 28 heavy (non-hydrogen) atoms. The number of nitrogens with zero attached hydrogens (tertiary/aromatic N) is 3. The predicted octanol–water partition coefficient (Wildman–Crippen LogP) is 4.89. The molecule has 0 spiro atoms. The molecule has 2 N–H and O–H groups in total. The lowest BCUT2D eigenvalue weighted by Crippen LogP contribution is -2.22. The first-order chi connectivity index (χ1) is 13.4. The van der Waals surface area contributed by atoms with Crippen molar-refractivity contribution in [3.8, 4) is 6.07 Å². The first-order valence-electron chi connectivity index (χ1n) is 8.60. The van der Waals surface area contributed by atoms with E-state index in [0.717, 1.165) is 5.69 Å². The van der Waals surface area contributed by atoms with Crippen molar-refractivity contribution in [2.45, 2.75) is 30.4 Å². The second-order valence-corrected chi connectivity index (χ2v) is 8.80. The standard InChI is InChI=1S/C20H19N5OS2/c1-12-4-7-17(10-13(12)2)23-19-24-25-20(28-19)27-14(3)18(26)22-16-8-5-15(11-21)6-9-16/h4-10,14H,1-3H3,(H,22,26)(H,23,24)/t14-/m0/s1. The van der Waals surface area contributed by atoms with Crippen LogP contribution in [0.25, 0.3) is 0 Å². The fourth-order valence-corrected chi connectivity index (χ4v) is 4.24. The molecule has 0 bridgehead atoms. The van der Waals surface area contributed by atoms with Crippen LogP contribution in [0.5, 0.6) is 0 Å². The summed E-state index contributed by atoms with van der Waals surface area (Å²) in [7, 11) is 0. The van der Waals surface area contributed by atoms with Gasteiger partial charge >= 0.3 is 0 Å². The number of aromatic nitrogens is 2. The van der Waals surface area contributed by atoms with Gasteiger partial charge in [0.25, 0.3) is 0 Å². The highest BCUT2D eigenvalue weighted by Crippen LogP contribution is 2.31. The van der Waals surface area contributed by atoms with Gasteiger partial charge in [0.15, 0.2) is 4.34 Å². The molecule has 6 nitrogen and oxygen atoms in total. The zero-order valence-electron chi connectivity index (χ0n) is 15.7. The molecule has 0 radical (unpaired) electrons. The maximum Gasteiger partial charge on any atom is 0.237 e. The van der Waals surface area contributed by atoms with Crippen molar-refractivity contribution < 1.29 is 4.79 Å². The fourth-order valence-electron chi connectivity index (χ4n) is 2.33. The second kappa shape index (κ2) is 8.87. The topological polar surface area (TPSA) is 90.7 Å². The van der Waals surface area contributed by atoms with E-state index >= 15 is 0 Å². The Labute approximate surface area is 172 Å². The number of nitrogens with one attached hydrogen (secondary N) is 2. The Bertz CT molecular complexity index is 1020. The average Bonchev–Trinajstić information content (AvgIpc) is 3.12. The second-order valence-electron chi connectivity index (χ2n) is 6.24. The lowest BCUT2D eigenvalue weighted by molar-refractivity contribution is -0.115. The van der Waals surface area contributed by atoms with Gasteiger partial charge < -0.3 is 10.6 Å². The number of nitriles is 1. The minimum absolute atomic E-state index is 0.131. The summed E-state index contributed by atoms with van der Waals surface area (Å²) in [5.41, 5.74) is 4.62. The van der Waals surface area contributed by atoms with Gasteiger partial charge in [0, 0.05) is 11.4 Å². The van der Waals surface area contributed by atoms with Crippen LogP contribution in [-0.4, -0.2) is 21.4 Å². The summed E-state index contributed by atoms with van der Waals surface area (Å²) in [5, 5.41) is 23.6. The number of amides is 1. The van der Waals surface area contributed by atoms with Gasteiger partial charge in [-0.1, -0.05) is 29.2 Å². The number of carbonyl (C=O) groups is 1. The molecule has 3 rings (SSSR count). The van der Waals surface area contributed by atoms with Gasteiger partial charge in [-0.3, -0.25) is 4.79 Å². The third-order valence-electron chi connectivity index (χ3n) is 4.09. The lowest BCUT2D eigenvalue weighted by Gasteiger charge is -2.10. The van der Waals surface area contributed by atoms with Crippen molar-refractivity contribution in [3.63, 3.8) is 0 Å². The van der Waals surface area contributed by atoms with E-state index in [1.807, 2.05) is 13.0 Å². The lowest BCUT2D eigenvalue weighted by atomic mass is 10.1. The van der Waals surface area contributed by atoms with E-state index in [2.05, 4.69) is 52.9 Å². The van der Waals surface area contributed by atoms with Crippen LogP contribution in [0.2, 0.25) is 0 Å². The summed E-state index contributed by atoms with van der Waals surface area (Å²) >= 11 is 2.76. The van der Waals surface area contributed by atoms with Crippen LogP contribution in [0.15, 0.2) is 46.8 Å². The molecule has 1 amide bonds. The molecule has 8 heteroatoms. The van der Waals surface area contributed by atoms with Crippen LogP contribution in [0.4, 0.5) is 16.5 Å². The monoisotopic (exact) mass is 409 g/mol. The third kappa shape index (κ3) is 5.09. The minimum Gasteiger partial charge on any atom is -0.330 e. The minimum atomic E-state index is -0.335. The molecule has 0 saturated heterocycles. The summed E-state index contributed by atoms with van der Waals surface area (Å²) in [6.45, 7) is 5.96. The molecule has 142 valence electrons. The van der Waals surface area contributed by atoms with Gasteiger partial charge in [-0.15, -0.1) is 10.2 Å². The zero-order chi connectivity index (χ0) is 20.1. The summed E-state index contributed by atoms with van der Waals surface area (Å²) in [5.74, 6) is -0.131. The molecule has 3 aromatic rings. The Kier molecular flexibility index (Phi) is 6.29. The molecule has 1 aromatic heterocycles. The van der Waals surface area contributed by atoms with Crippen LogP contribution in [-0.2, 0) is 4.79 Å². The average molecular weight is 410 g/mol. The van der Waals surface area contributed by atoms with Crippen molar-refractivity contribution in [1.82, 2.24) is 10.2 Å². The number of carbonyl (C=O) groups excluding carboxylic acids is 1. The fraction of sp³-hybridized carbons (Fsp3) is 0.200. The molecule has 1 heterocycles. The van der Waals surface area contributed by atoms with Crippen molar-refractivity contribution in [2.24, 2.45) is 0 Å². The molecular formula is C20H19N5OS2. The van der Waals surface area contributed by atoms with Crippen molar-refractivity contribution in [1.29, 1.82) is 5.26 Å². The number of hydrogen-bond donors (Lipinski definition) is 2. The molecular weight excluding hydrogens is 390 g/mol. The molecule has 2 aromatic carbocycles. The van der Waals surface area contributed by atoms with E-state index < -0.39 is 0 Å². The van der Waals surface area contributed by atoms with E-state index in [0.29, 0.717) is 20.7 Å². The number of rotatable bonds is 6. The van der Waals surface area contributed by atoms with E-state index in [1.54, 1.807) is 24.3 Å². The smallest absolute Gasteiger partial charge is 0.237 e. The summed E-state index contributed by atoms with van der Waals surface area (Å²) in [6, 6.07) is 14.9. The van der Waals surface area contributed by atoms with Crippen LogP contribution < -0.4 is 10.6 Å². The quantitative estimate of drug-likeness (QED) is 0.563.